The fraction of sp³-hybridized carbons (Fsp3) is 0.711. The number of rotatable bonds is 13. The molecule has 1 heterocycles. The second kappa shape index (κ2) is 22.9. The molecule has 0 unspecified atom stereocenters. The molecule has 2 aliphatic carbocycles. The van der Waals surface area contributed by atoms with Crippen molar-refractivity contribution in [2.45, 2.75) is 160 Å². The number of hydrogen-bond acceptors (Lipinski definition) is 7. The Morgan fingerprint density at radius 1 is 0.891 bits per heavy atom. The highest BCUT2D eigenvalue weighted by Crippen LogP contribution is 2.49. The molecule has 0 spiro atoms. The number of carbonyl (C=O) groups excluding carboxylic acids is 7. The predicted molar refractivity (Wildman–Crippen MR) is 237 cm³/mol. The lowest BCUT2D eigenvalue weighted by Gasteiger charge is -2.38. The van der Waals surface area contributed by atoms with Gasteiger partial charge in [0.2, 0.25) is 41.4 Å². The van der Waals surface area contributed by atoms with Gasteiger partial charge in [0.1, 0.15) is 41.7 Å². The summed E-state index contributed by atoms with van der Waals surface area (Å²) in [7, 11) is 4.45. The monoisotopic (exact) mass is 943 g/mol. The summed E-state index contributed by atoms with van der Waals surface area (Å²) in [6.07, 6.45) is -2.24. The molecule has 358 valence electrons. The molecule has 1 aromatic carbocycles. The van der Waals surface area contributed by atoms with Crippen molar-refractivity contribution in [3.05, 3.63) is 33.8 Å². The van der Waals surface area contributed by atoms with Gasteiger partial charge in [-0.2, -0.15) is 13.2 Å². The van der Waals surface area contributed by atoms with E-state index >= 15 is 0 Å². The van der Waals surface area contributed by atoms with E-state index in [0.717, 1.165) is 0 Å². The normalized spacial score (nSPS) is 24.1. The van der Waals surface area contributed by atoms with Crippen LogP contribution in [0, 0.1) is 17.3 Å². The largest absolute Gasteiger partial charge is 0.403 e. The Kier molecular flexibility index (Phi) is 18.8. The average molecular weight is 945 g/mol. The minimum absolute atomic E-state index is 0.0394. The molecule has 7 amide bonds. The first-order valence-corrected chi connectivity index (χ1v) is 23.3. The summed E-state index contributed by atoms with van der Waals surface area (Å²) < 4.78 is 43.1. The van der Waals surface area contributed by atoms with Gasteiger partial charge in [-0.05, 0) is 99.8 Å². The zero-order valence-corrected chi connectivity index (χ0v) is 39.6. The quantitative estimate of drug-likeness (QED) is 0.200. The summed E-state index contributed by atoms with van der Waals surface area (Å²) >= 11 is 12.8. The van der Waals surface area contributed by atoms with Gasteiger partial charge in [0.25, 0.3) is 0 Å². The van der Waals surface area contributed by atoms with Gasteiger partial charge in [0, 0.05) is 44.2 Å². The van der Waals surface area contributed by atoms with Gasteiger partial charge in [-0.15, -0.1) is 0 Å². The van der Waals surface area contributed by atoms with Crippen LogP contribution in [-0.2, 0) is 40.0 Å². The zero-order valence-electron chi connectivity index (χ0n) is 38.0. The molecule has 4 N–H and O–H groups in total. The molecular weight excluding hydrogens is 878 g/mol. The summed E-state index contributed by atoms with van der Waals surface area (Å²) in [6.45, 7) is 7.29. The lowest BCUT2D eigenvalue weighted by atomic mass is 9.72. The Morgan fingerprint density at radius 3 is 2.11 bits per heavy atom. The Morgan fingerprint density at radius 2 is 1.53 bits per heavy atom. The van der Waals surface area contributed by atoms with Crippen LogP contribution in [0.5, 0.6) is 0 Å². The van der Waals surface area contributed by atoms with Gasteiger partial charge in [-0.25, -0.2) is 0 Å². The van der Waals surface area contributed by atoms with Gasteiger partial charge in [-0.3, -0.25) is 33.6 Å². The summed E-state index contributed by atoms with van der Waals surface area (Å²) in [5, 5.41) is 11.4. The Balaban J connectivity index is 1.64. The molecule has 1 aliphatic heterocycles. The topological polar surface area (TPSA) is 177 Å². The Bertz CT molecular complexity index is 1860. The summed E-state index contributed by atoms with van der Waals surface area (Å²) in [5.74, 6) is -5.37. The summed E-state index contributed by atoms with van der Waals surface area (Å²) in [6, 6.07) is -2.20. The number of alkyl halides is 3. The first kappa shape index (κ1) is 52.5. The van der Waals surface area contributed by atoms with Crippen molar-refractivity contribution in [2.24, 2.45) is 17.3 Å². The summed E-state index contributed by atoms with van der Waals surface area (Å²) in [4.78, 5) is 102. The third kappa shape index (κ3) is 13.0. The van der Waals surface area contributed by atoms with Crippen molar-refractivity contribution in [1.29, 1.82) is 0 Å². The molecule has 1 saturated heterocycles. The van der Waals surface area contributed by atoms with Gasteiger partial charge in [0.05, 0.1) is 0 Å². The molecule has 6 atom stereocenters. The first-order chi connectivity index (χ1) is 30.1. The lowest BCUT2D eigenvalue weighted by Crippen LogP contribution is -2.61. The predicted octanol–water partition coefficient (Wildman–Crippen LogP) is 5.56. The van der Waals surface area contributed by atoms with Crippen molar-refractivity contribution >= 4 is 64.6 Å². The van der Waals surface area contributed by atoms with Crippen molar-refractivity contribution in [3.8, 4) is 0 Å². The number of hydrogen-bond donors (Lipinski definition) is 4. The molecule has 14 nitrogen and oxygen atoms in total. The molecule has 19 heteroatoms. The van der Waals surface area contributed by atoms with Gasteiger partial charge >= 0.3 is 6.18 Å². The highest BCUT2D eigenvalue weighted by Gasteiger charge is 2.60. The average Bonchev–Trinajstić information content (AvgIpc) is 4.10. The molecule has 3 aliphatic rings. The van der Waals surface area contributed by atoms with Crippen LogP contribution in [0.1, 0.15) is 117 Å². The highest BCUT2D eigenvalue weighted by atomic mass is 35.5. The lowest BCUT2D eigenvalue weighted by molar-refractivity contribution is -0.230. The van der Waals surface area contributed by atoms with Crippen LogP contribution >= 0.6 is 23.2 Å². The highest BCUT2D eigenvalue weighted by molar-refractivity contribution is 6.33. The maximum atomic E-state index is 14.5. The Labute approximate surface area is 384 Å². The molecule has 0 bridgehead atoms. The fourth-order valence-corrected chi connectivity index (χ4v) is 9.11. The molecule has 2 saturated carbocycles. The van der Waals surface area contributed by atoms with Gasteiger partial charge in [-0.1, -0.05) is 70.2 Å². The van der Waals surface area contributed by atoms with E-state index in [1.165, 1.54) is 28.8 Å². The van der Waals surface area contributed by atoms with Crippen molar-refractivity contribution in [1.82, 2.24) is 36.0 Å². The van der Waals surface area contributed by atoms with Crippen LogP contribution in [0.2, 0.25) is 10.0 Å². The first-order valence-electron chi connectivity index (χ1n) is 22.6. The maximum Gasteiger partial charge on any atom is 0.403 e. The van der Waals surface area contributed by atoms with Crippen molar-refractivity contribution in [3.63, 3.8) is 0 Å². The molecule has 64 heavy (non-hydrogen) atoms. The van der Waals surface area contributed by atoms with E-state index in [4.69, 9.17) is 23.2 Å². The minimum atomic E-state index is -4.81. The van der Waals surface area contributed by atoms with E-state index < -0.39 is 83.3 Å². The third-order valence-electron chi connectivity index (χ3n) is 13.0. The van der Waals surface area contributed by atoms with E-state index in [1.54, 1.807) is 39.1 Å². The SMILES string of the molecule is CC[C@H](NC(=O)C1(C(F)(F)F)CCCCC1)C(=O)N[C@H](C(=O)N(C)[C@H]1CCCCN(C)C(=O)[C@@H](CC)NC(=O)[C@H](Cc2cc(Cl)ccc2Cl)N(C)C(=O)[C@H](CC(C)C)NC1=O)C1CC1. The van der Waals surface area contributed by atoms with Crippen molar-refractivity contribution < 1.29 is 46.7 Å². The number of nitrogens with one attached hydrogen (secondary N) is 4. The van der Waals surface area contributed by atoms with Crippen LogP contribution in [0.3, 0.4) is 0 Å². The maximum absolute atomic E-state index is 14.5. The number of carbonyl (C=O) groups is 7. The number of amides is 7. The number of nitrogens with zero attached hydrogens (tertiary/aromatic N) is 3. The van der Waals surface area contributed by atoms with Crippen LogP contribution in [-0.4, -0.2) is 126 Å². The number of halogens is 5. The van der Waals surface area contributed by atoms with E-state index in [0.29, 0.717) is 47.7 Å². The van der Waals surface area contributed by atoms with Crippen molar-refractivity contribution in [2.75, 3.05) is 27.7 Å². The van der Waals surface area contributed by atoms with E-state index in [2.05, 4.69) is 21.3 Å². The van der Waals surface area contributed by atoms with Gasteiger partial charge < -0.3 is 36.0 Å². The van der Waals surface area contributed by atoms with Gasteiger partial charge in [0.15, 0.2) is 0 Å². The van der Waals surface area contributed by atoms with E-state index in [1.807, 2.05) is 13.8 Å². The number of likely N-dealkylation sites (N-methyl/N-ethyl adjacent to an activating group) is 3. The van der Waals surface area contributed by atoms with E-state index in [9.17, 15) is 46.7 Å². The zero-order chi connectivity index (χ0) is 47.7. The minimum Gasteiger partial charge on any atom is -0.344 e. The molecule has 1 aromatic rings. The third-order valence-corrected chi connectivity index (χ3v) is 13.6. The van der Waals surface area contributed by atoms with Crippen LogP contribution in [0.25, 0.3) is 0 Å². The second-order valence-corrected chi connectivity index (χ2v) is 19.0. The summed E-state index contributed by atoms with van der Waals surface area (Å²) in [5.41, 5.74) is -2.13. The van der Waals surface area contributed by atoms with Crippen LogP contribution in [0.4, 0.5) is 13.2 Å². The molecule has 4 rings (SSSR count). The van der Waals surface area contributed by atoms with E-state index in [-0.39, 0.29) is 82.1 Å². The molecular formula is C45H66Cl2F3N7O7. The standard InChI is InChI=1S/C45H66Cl2F3N7O7/c1-8-31(53-43(64)44(45(48,49)50)20-12-10-13-21-44)37(58)54-36(27-16-17-27)42(63)56(6)34-15-11-14-22-55(5)40(61)32(9-2)51-39(60)35(25-28-24-29(46)18-19-30(28)47)57(7)41(62)33(23-26(3)4)52-38(34)59/h18-19,24,26-27,31-36H,8-17,20-23,25H2,1-7H3,(H,51,60)(H,52,59)(H,53,64)(H,54,58)/t31-,32+,33-,34-,35-,36-/m0/s1. The Hall–Kier alpha value is -4.12. The second-order valence-electron chi connectivity index (χ2n) is 18.2. The smallest absolute Gasteiger partial charge is 0.344 e. The molecule has 3 fully saturated rings. The van der Waals surface area contributed by atoms with Crippen LogP contribution < -0.4 is 21.3 Å². The molecule has 0 aromatic heterocycles. The number of benzene rings is 1. The fourth-order valence-electron chi connectivity index (χ4n) is 8.73. The van der Waals surface area contributed by atoms with Crippen LogP contribution in [0.15, 0.2) is 18.2 Å². The molecule has 0 radical (unpaired) electrons.